The van der Waals surface area contributed by atoms with Crippen LogP contribution in [0.1, 0.15) is 31.5 Å². The number of ether oxygens (including phenoxy) is 2. The number of carbonyl (C=O) groups excluding carboxylic acids is 1. The van der Waals surface area contributed by atoms with Gasteiger partial charge >= 0.3 is 5.97 Å². The van der Waals surface area contributed by atoms with Crippen LogP contribution in [0.25, 0.3) is 12.2 Å². The minimum atomic E-state index is -0.915. The average Bonchev–Trinajstić information content (AvgIpc) is 2.61. The van der Waals surface area contributed by atoms with Crippen molar-refractivity contribution in [2.45, 2.75) is 20.3 Å². The van der Waals surface area contributed by atoms with Crippen LogP contribution in [0.15, 0.2) is 36.4 Å². The Morgan fingerprint density at radius 2 is 1.96 bits per heavy atom. The second-order valence-electron chi connectivity index (χ2n) is 5.59. The highest BCUT2D eigenvalue weighted by atomic mass is 16.5. The summed E-state index contributed by atoms with van der Waals surface area (Å²) >= 11 is 0. The molecule has 0 fully saturated rings. The highest BCUT2D eigenvalue weighted by molar-refractivity contribution is 5.87. The number of nitrogens with one attached hydrogen (secondary N) is 1. The van der Waals surface area contributed by atoms with E-state index in [4.69, 9.17) is 14.6 Å². The van der Waals surface area contributed by atoms with Crippen LogP contribution in [-0.2, 0) is 9.59 Å². The van der Waals surface area contributed by atoms with Crippen molar-refractivity contribution in [2.75, 3.05) is 18.5 Å². The van der Waals surface area contributed by atoms with Crippen LogP contribution < -0.4 is 14.8 Å². The van der Waals surface area contributed by atoms with E-state index < -0.39 is 5.97 Å². The van der Waals surface area contributed by atoms with Gasteiger partial charge in [-0.25, -0.2) is 4.98 Å². The number of carboxylic acids is 1. The quantitative estimate of drug-likeness (QED) is 0.701. The van der Waals surface area contributed by atoms with Gasteiger partial charge in [0.2, 0.25) is 5.91 Å². The van der Waals surface area contributed by atoms with Crippen molar-refractivity contribution in [2.24, 2.45) is 0 Å². The molecule has 0 aliphatic heterocycles. The number of carboxylic acid groups (broad SMARTS) is 1. The van der Waals surface area contributed by atoms with E-state index in [1.54, 1.807) is 12.1 Å². The number of aliphatic carboxylic acids is 1. The molecule has 2 aromatic rings. The Morgan fingerprint density at radius 1 is 1.15 bits per heavy atom. The molecular formula is C20H22N2O5. The summed E-state index contributed by atoms with van der Waals surface area (Å²) in [6.07, 6.45) is 3.61. The molecule has 0 saturated carbocycles. The van der Waals surface area contributed by atoms with E-state index in [2.05, 4.69) is 10.3 Å². The van der Waals surface area contributed by atoms with Crippen molar-refractivity contribution in [1.29, 1.82) is 0 Å². The van der Waals surface area contributed by atoms with Crippen molar-refractivity contribution >= 4 is 29.8 Å². The third-order valence-electron chi connectivity index (χ3n) is 3.36. The summed E-state index contributed by atoms with van der Waals surface area (Å²) in [5, 5.41) is 11.3. The minimum Gasteiger partial charge on any atom is -0.490 e. The Balaban J connectivity index is 2.13. The standard InChI is InChI=1S/C20H22N2O5/c1-3-26-18-13-15(8-10-17(18)27-12-11-20(24)25)7-9-16-5-4-6-19(22-16)21-14(2)23/h4-10,13H,3,11-12H2,1-2H3,(H,24,25)(H,21,22,23)/b9-7+. The zero-order valence-electron chi connectivity index (χ0n) is 15.3. The monoisotopic (exact) mass is 370 g/mol. The Labute approximate surface area is 157 Å². The highest BCUT2D eigenvalue weighted by Gasteiger charge is 2.07. The van der Waals surface area contributed by atoms with Gasteiger partial charge in [0, 0.05) is 6.92 Å². The molecule has 1 aromatic heterocycles. The largest absolute Gasteiger partial charge is 0.490 e. The van der Waals surface area contributed by atoms with Gasteiger partial charge in [-0.15, -0.1) is 0 Å². The van der Waals surface area contributed by atoms with E-state index in [1.807, 2.05) is 43.3 Å². The highest BCUT2D eigenvalue weighted by Crippen LogP contribution is 2.29. The van der Waals surface area contributed by atoms with Crippen LogP contribution in [0.3, 0.4) is 0 Å². The Morgan fingerprint density at radius 3 is 2.67 bits per heavy atom. The van der Waals surface area contributed by atoms with Gasteiger partial charge in [0.15, 0.2) is 11.5 Å². The summed E-state index contributed by atoms with van der Waals surface area (Å²) in [5.74, 6) is 0.442. The third-order valence-corrected chi connectivity index (χ3v) is 3.36. The fourth-order valence-corrected chi connectivity index (χ4v) is 2.24. The number of nitrogens with zero attached hydrogens (tertiary/aromatic N) is 1. The van der Waals surface area contributed by atoms with Gasteiger partial charge in [-0.3, -0.25) is 9.59 Å². The van der Waals surface area contributed by atoms with Crippen LogP contribution in [0.5, 0.6) is 11.5 Å². The van der Waals surface area contributed by atoms with Crippen LogP contribution in [0, 0.1) is 0 Å². The molecule has 0 aliphatic carbocycles. The summed E-state index contributed by atoms with van der Waals surface area (Å²) in [6, 6.07) is 10.8. The fourth-order valence-electron chi connectivity index (χ4n) is 2.24. The predicted octanol–water partition coefficient (Wildman–Crippen LogP) is 3.46. The van der Waals surface area contributed by atoms with Gasteiger partial charge in [0.25, 0.3) is 0 Å². The van der Waals surface area contributed by atoms with E-state index in [0.717, 1.165) is 5.56 Å². The Bertz CT molecular complexity index is 833. The summed E-state index contributed by atoms with van der Waals surface area (Å²) in [6.45, 7) is 3.83. The lowest BCUT2D eigenvalue weighted by Gasteiger charge is -2.12. The SMILES string of the molecule is CCOc1cc(/C=C/c2cccc(NC(C)=O)n2)ccc1OCCC(=O)O. The first-order chi connectivity index (χ1) is 13.0. The lowest BCUT2D eigenvalue weighted by Crippen LogP contribution is -2.07. The molecule has 0 unspecified atom stereocenters. The molecule has 0 spiro atoms. The number of carbonyl (C=O) groups is 2. The number of rotatable bonds is 9. The molecule has 0 saturated heterocycles. The van der Waals surface area contributed by atoms with E-state index in [0.29, 0.717) is 29.6 Å². The van der Waals surface area contributed by atoms with E-state index in [-0.39, 0.29) is 18.9 Å². The normalized spacial score (nSPS) is 10.6. The summed E-state index contributed by atoms with van der Waals surface area (Å²) in [7, 11) is 0. The van der Waals surface area contributed by atoms with Crippen molar-refractivity contribution in [3.05, 3.63) is 47.7 Å². The first kappa shape index (κ1) is 20.0. The molecule has 2 N–H and O–H groups in total. The van der Waals surface area contributed by atoms with Crippen molar-refractivity contribution in [3.63, 3.8) is 0 Å². The van der Waals surface area contributed by atoms with Crippen LogP contribution in [-0.4, -0.2) is 35.2 Å². The number of benzene rings is 1. The van der Waals surface area contributed by atoms with E-state index >= 15 is 0 Å². The first-order valence-electron chi connectivity index (χ1n) is 8.52. The van der Waals surface area contributed by atoms with Gasteiger partial charge in [-0.1, -0.05) is 18.2 Å². The number of hydrogen-bond donors (Lipinski definition) is 2. The zero-order chi connectivity index (χ0) is 19.6. The fraction of sp³-hybridized carbons (Fsp3) is 0.250. The van der Waals surface area contributed by atoms with E-state index in [9.17, 15) is 9.59 Å². The number of aromatic nitrogens is 1. The number of anilines is 1. The molecule has 27 heavy (non-hydrogen) atoms. The maximum atomic E-state index is 11.1. The smallest absolute Gasteiger partial charge is 0.306 e. The molecule has 0 aliphatic rings. The molecule has 0 bridgehead atoms. The Hall–Kier alpha value is -3.35. The van der Waals surface area contributed by atoms with Crippen molar-refractivity contribution < 1.29 is 24.2 Å². The maximum absolute atomic E-state index is 11.1. The molecule has 7 heteroatoms. The molecule has 0 radical (unpaired) electrons. The lowest BCUT2D eigenvalue weighted by atomic mass is 10.1. The van der Waals surface area contributed by atoms with Gasteiger partial charge < -0.3 is 19.9 Å². The predicted molar refractivity (Wildman–Crippen MR) is 103 cm³/mol. The molecule has 1 aromatic carbocycles. The number of hydrogen-bond acceptors (Lipinski definition) is 5. The van der Waals surface area contributed by atoms with Gasteiger partial charge in [-0.05, 0) is 42.8 Å². The van der Waals surface area contributed by atoms with Gasteiger partial charge in [0.1, 0.15) is 5.82 Å². The lowest BCUT2D eigenvalue weighted by molar-refractivity contribution is -0.137. The zero-order valence-corrected chi connectivity index (χ0v) is 15.3. The third kappa shape index (κ3) is 6.81. The molecular weight excluding hydrogens is 348 g/mol. The second kappa shape index (κ2) is 9.96. The van der Waals surface area contributed by atoms with E-state index in [1.165, 1.54) is 6.92 Å². The minimum absolute atomic E-state index is 0.0739. The topological polar surface area (TPSA) is 97.8 Å². The molecule has 7 nitrogen and oxygen atoms in total. The van der Waals surface area contributed by atoms with Crippen molar-refractivity contribution in [3.8, 4) is 11.5 Å². The van der Waals surface area contributed by atoms with Crippen LogP contribution in [0.4, 0.5) is 5.82 Å². The average molecular weight is 370 g/mol. The second-order valence-corrected chi connectivity index (χ2v) is 5.59. The summed E-state index contributed by atoms with van der Waals surface area (Å²) in [4.78, 5) is 26.1. The molecule has 2 rings (SSSR count). The molecule has 1 heterocycles. The summed E-state index contributed by atoms with van der Waals surface area (Å²) < 4.78 is 11.1. The Kier molecular flexibility index (Phi) is 7.37. The maximum Gasteiger partial charge on any atom is 0.306 e. The molecule has 0 atom stereocenters. The first-order valence-corrected chi connectivity index (χ1v) is 8.52. The van der Waals surface area contributed by atoms with Crippen LogP contribution >= 0.6 is 0 Å². The van der Waals surface area contributed by atoms with Gasteiger partial charge in [-0.2, -0.15) is 0 Å². The molecule has 1 amide bonds. The number of amides is 1. The summed E-state index contributed by atoms with van der Waals surface area (Å²) in [5.41, 5.74) is 1.57. The molecule has 142 valence electrons. The van der Waals surface area contributed by atoms with Crippen molar-refractivity contribution in [1.82, 2.24) is 4.98 Å². The van der Waals surface area contributed by atoms with Crippen LogP contribution in [0.2, 0.25) is 0 Å². The number of pyridine rings is 1. The van der Waals surface area contributed by atoms with Gasteiger partial charge in [0.05, 0.1) is 25.3 Å².